The first kappa shape index (κ1) is 23.4. The molecule has 1 saturated heterocycles. The fraction of sp³-hybridized carbons (Fsp3) is 0.619. The first-order chi connectivity index (χ1) is 12.2. The first-order valence-corrected chi connectivity index (χ1v) is 9.56. The van der Waals surface area contributed by atoms with Crippen LogP contribution in [0.4, 0.5) is 0 Å². The van der Waals surface area contributed by atoms with E-state index in [0.717, 1.165) is 25.9 Å². The molecule has 0 aromatic heterocycles. The minimum absolute atomic E-state index is 0. The molecule has 3 N–H and O–H groups in total. The number of hydrogen-bond donors (Lipinski definition) is 3. The van der Waals surface area contributed by atoms with Gasteiger partial charge in [0.15, 0.2) is 0 Å². The second-order valence-electron chi connectivity index (χ2n) is 8.67. The Morgan fingerprint density at radius 1 is 1.07 bits per heavy atom. The highest BCUT2D eigenvalue weighted by Crippen LogP contribution is 2.26. The average molecular weight is 396 g/mol. The summed E-state index contributed by atoms with van der Waals surface area (Å²) in [6, 6.07) is 7.66. The highest BCUT2D eigenvalue weighted by Gasteiger charge is 2.26. The Morgan fingerprint density at radius 3 is 2.22 bits per heavy atom. The van der Waals surface area contributed by atoms with Crippen LogP contribution in [0.1, 0.15) is 62.9 Å². The molecule has 0 atom stereocenters. The number of carbonyl (C=O) groups excluding carboxylic acids is 2. The fourth-order valence-corrected chi connectivity index (χ4v) is 3.12. The molecule has 1 aromatic carbocycles. The van der Waals surface area contributed by atoms with Gasteiger partial charge in [-0.1, -0.05) is 39.8 Å². The molecular formula is C21H34ClN3O2. The molecule has 0 unspecified atom stereocenters. The van der Waals surface area contributed by atoms with Crippen molar-refractivity contribution in [2.45, 2.75) is 52.4 Å². The number of amides is 2. The van der Waals surface area contributed by atoms with Crippen molar-refractivity contribution in [2.24, 2.45) is 5.41 Å². The van der Waals surface area contributed by atoms with Crippen molar-refractivity contribution < 1.29 is 9.59 Å². The van der Waals surface area contributed by atoms with Gasteiger partial charge in [0, 0.05) is 25.1 Å². The van der Waals surface area contributed by atoms with E-state index < -0.39 is 0 Å². The molecule has 0 spiro atoms. The lowest BCUT2D eigenvalue weighted by Crippen LogP contribution is -2.43. The van der Waals surface area contributed by atoms with Crippen molar-refractivity contribution in [3.63, 3.8) is 0 Å². The summed E-state index contributed by atoms with van der Waals surface area (Å²) in [6.07, 6.45) is 2.46. The van der Waals surface area contributed by atoms with Crippen LogP contribution in [0.2, 0.25) is 0 Å². The largest absolute Gasteiger partial charge is 0.355 e. The normalized spacial score (nSPS) is 16.1. The molecule has 152 valence electrons. The van der Waals surface area contributed by atoms with Crippen molar-refractivity contribution >= 4 is 24.2 Å². The zero-order chi connectivity index (χ0) is 19.2. The molecule has 1 heterocycles. The van der Waals surface area contributed by atoms with E-state index in [1.54, 1.807) is 0 Å². The number of nitrogens with one attached hydrogen (secondary N) is 3. The number of halogens is 1. The second-order valence-corrected chi connectivity index (χ2v) is 8.67. The SMILES string of the molecule is CC1(CNC(=O)CCNC(=O)c2ccc(C(C)(C)C)cc2)CCNCC1.Cl. The maximum Gasteiger partial charge on any atom is 0.251 e. The molecule has 1 aliphatic rings. The average Bonchev–Trinajstić information content (AvgIpc) is 2.60. The van der Waals surface area contributed by atoms with E-state index in [1.807, 2.05) is 24.3 Å². The van der Waals surface area contributed by atoms with Gasteiger partial charge in [0.25, 0.3) is 5.91 Å². The monoisotopic (exact) mass is 395 g/mol. The molecule has 1 aromatic rings. The Kier molecular flexibility index (Phi) is 8.76. The van der Waals surface area contributed by atoms with Crippen LogP contribution in [0, 0.1) is 5.41 Å². The third kappa shape index (κ3) is 7.51. The van der Waals surface area contributed by atoms with Crippen LogP contribution in [-0.2, 0) is 10.2 Å². The Bertz CT molecular complexity index is 617. The first-order valence-electron chi connectivity index (χ1n) is 9.56. The van der Waals surface area contributed by atoms with Crippen LogP contribution in [0.15, 0.2) is 24.3 Å². The number of hydrogen-bond acceptors (Lipinski definition) is 3. The summed E-state index contributed by atoms with van der Waals surface area (Å²) in [5, 5.41) is 9.18. The molecule has 0 radical (unpaired) electrons. The smallest absolute Gasteiger partial charge is 0.251 e. The molecule has 6 heteroatoms. The van der Waals surface area contributed by atoms with Gasteiger partial charge >= 0.3 is 0 Å². The standard InChI is InChI=1S/C21H33N3O2.ClH/c1-20(2,3)17-7-5-16(6-8-17)19(26)23-12-9-18(25)24-15-21(4)10-13-22-14-11-21;/h5-8,22H,9-15H2,1-4H3,(H,23,26)(H,24,25);1H. The lowest BCUT2D eigenvalue weighted by Gasteiger charge is -2.34. The zero-order valence-corrected chi connectivity index (χ0v) is 17.8. The van der Waals surface area contributed by atoms with Crippen LogP contribution in [0.3, 0.4) is 0 Å². The fourth-order valence-electron chi connectivity index (χ4n) is 3.12. The molecule has 0 bridgehead atoms. The highest BCUT2D eigenvalue weighted by atomic mass is 35.5. The summed E-state index contributed by atoms with van der Waals surface area (Å²) < 4.78 is 0. The van der Waals surface area contributed by atoms with Crippen LogP contribution in [0.25, 0.3) is 0 Å². The topological polar surface area (TPSA) is 70.2 Å². The molecule has 1 fully saturated rings. The van der Waals surface area contributed by atoms with Crippen molar-refractivity contribution in [1.82, 2.24) is 16.0 Å². The number of rotatable bonds is 6. The van der Waals surface area contributed by atoms with Crippen molar-refractivity contribution in [3.05, 3.63) is 35.4 Å². The van der Waals surface area contributed by atoms with Crippen molar-refractivity contribution in [1.29, 1.82) is 0 Å². The predicted octanol–water partition coefficient (Wildman–Crippen LogP) is 3.03. The number of carbonyl (C=O) groups is 2. The van der Waals surface area contributed by atoms with Crippen LogP contribution < -0.4 is 16.0 Å². The maximum atomic E-state index is 12.2. The van der Waals surface area contributed by atoms with E-state index in [-0.39, 0.29) is 35.1 Å². The maximum absolute atomic E-state index is 12.2. The minimum Gasteiger partial charge on any atom is -0.355 e. The molecule has 0 saturated carbocycles. The predicted molar refractivity (Wildman–Crippen MR) is 113 cm³/mol. The third-order valence-corrected chi connectivity index (χ3v) is 5.17. The van der Waals surface area contributed by atoms with Crippen LogP contribution >= 0.6 is 12.4 Å². The zero-order valence-electron chi connectivity index (χ0n) is 17.0. The van der Waals surface area contributed by atoms with Crippen LogP contribution in [0.5, 0.6) is 0 Å². The minimum atomic E-state index is -0.136. The quantitative estimate of drug-likeness (QED) is 0.693. The van der Waals surface area contributed by atoms with Gasteiger partial charge in [0.1, 0.15) is 0 Å². The Morgan fingerprint density at radius 2 is 1.67 bits per heavy atom. The summed E-state index contributed by atoms with van der Waals surface area (Å²) in [7, 11) is 0. The van der Waals surface area contributed by atoms with Gasteiger partial charge in [-0.05, 0) is 54.5 Å². The van der Waals surface area contributed by atoms with E-state index in [4.69, 9.17) is 0 Å². The molecule has 0 aliphatic carbocycles. The Labute approximate surface area is 169 Å². The van der Waals surface area contributed by atoms with Crippen molar-refractivity contribution in [2.75, 3.05) is 26.2 Å². The van der Waals surface area contributed by atoms with E-state index in [2.05, 4.69) is 43.6 Å². The van der Waals surface area contributed by atoms with Gasteiger partial charge in [-0.3, -0.25) is 9.59 Å². The third-order valence-electron chi connectivity index (χ3n) is 5.17. The molecule has 2 rings (SSSR count). The van der Waals surface area contributed by atoms with Crippen molar-refractivity contribution in [3.8, 4) is 0 Å². The summed E-state index contributed by atoms with van der Waals surface area (Å²) in [4.78, 5) is 24.2. The lowest BCUT2D eigenvalue weighted by molar-refractivity contribution is -0.121. The summed E-state index contributed by atoms with van der Waals surface area (Å²) in [5.41, 5.74) is 2.07. The molecule has 2 amide bonds. The molecule has 27 heavy (non-hydrogen) atoms. The Hall–Kier alpha value is -1.59. The summed E-state index contributed by atoms with van der Waals surface area (Å²) in [6.45, 7) is 11.7. The van der Waals surface area contributed by atoms with Gasteiger partial charge in [0.2, 0.25) is 5.91 Å². The molecule has 5 nitrogen and oxygen atoms in total. The van der Waals surface area contributed by atoms with Gasteiger partial charge < -0.3 is 16.0 Å². The van der Waals surface area contributed by atoms with E-state index in [0.29, 0.717) is 25.1 Å². The summed E-state index contributed by atoms with van der Waals surface area (Å²) in [5.74, 6) is -0.142. The van der Waals surface area contributed by atoms with Gasteiger partial charge in [-0.15, -0.1) is 12.4 Å². The second kappa shape index (κ2) is 10.1. The van der Waals surface area contributed by atoms with Gasteiger partial charge in [-0.2, -0.15) is 0 Å². The number of benzene rings is 1. The van der Waals surface area contributed by atoms with E-state index in [9.17, 15) is 9.59 Å². The summed E-state index contributed by atoms with van der Waals surface area (Å²) >= 11 is 0. The van der Waals surface area contributed by atoms with Gasteiger partial charge in [0.05, 0.1) is 0 Å². The lowest BCUT2D eigenvalue weighted by atomic mass is 9.81. The van der Waals surface area contributed by atoms with E-state index >= 15 is 0 Å². The Balaban J connectivity index is 0.00000364. The van der Waals surface area contributed by atoms with Crippen LogP contribution in [-0.4, -0.2) is 38.0 Å². The molecular weight excluding hydrogens is 362 g/mol. The van der Waals surface area contributed by atoms with Gasteiger partial charge in [-0.25, -0.2) is 0 Å². The highest BCUT2D eigenvalue weighted by molar-refractivity contribution is 5.94. The molecule has 1 aliphatic heterocycles. The number of piperidine rings is 1. The van der Waals surface area contributed by atoms with E-state index in [1.165, 1.54) is 5.56 Å².